The van der Waals surface area contributed by atoms with E-state index in [9.17, 15) is 14.7 Å². The largest absolute Gasteiger partial charge is 0.391 e. The number of carbonyl (C=O) groups excluding carboxylic acids is 1. The third-order valence-corrected chi connectivity index (χ3v) is 4.44. The lowest BCUT2D eigenvalue weighted by molar-refractivity contribution is 0.0137. The van der Waals surface area contributed by atoms with Crippen LogP contribution in [0.2, 0.25) is 0 Å². The van der Waals surface area contributed by atoms with Crippen molar-refractivity contribution >= 4 is 5.91 Å². The molecular weight excluding hydrogens is 294 g/mol. The van der Waals surface area contributed by atoms with Crippen LogP contribution in [0.1, 0.15) is 31.1 Å². The normalized spacial score (nSPS) is 18.0. The van der Waals surface area contributed by atoms with E-state index in [0.29, 0.717) is 25.2 Å². The maximum atomic E-state index is 12.5. The molecule has 1 saturated heterocycles. The van der Waals surface area contributed by atoms with Gasteiger partial charge in [0.25, 0.3) is 11.5 Å². The number of aliphatic hydroxyl groups is 1. The highest BCUT2D eigenvalue weighted by atomic mass is 16.3. The Hall–Kier alpha value is -1.66. The molecule has 2 rings (SSSR count). The number of amides is 1. The molecule has 0 aromatic carbocycles. The van der Waals surface area contributed by atoms with Crippen molar-refractivity contribution in [2.75, 3.05) is 32.7 Å². The Bertz CT molecular complexity index is 610. The molecule has 1 aromatic rings. The Morgan fingerprint density at radius 1 is 1.26 bits per heavy atom. The van der Waals surface area contributed by atoms with E-state index >= 15 is 0 Å². The number of piperazine rings is 1. The molecule has 1 amide bonds. The summed E-state index contributed by atoms with van der Waals surface area (Å²) >= 11 is 0. The number of hydrogen-bond donors (Lipinski definition) is 1. The molecule has 1 aliphatic rings. The second-order valence-electron chi connectivity index (χ2n) is 7.34. The van der Waals surface area contributed by atoms with E-state index in [1.165, 1.54) is 10.6 Å². The molecule has 23 heavy (non-hydrogen) atoms. The first-order valence-corrected chi connectivity index (χ1v) is 8.05. The standard InChI is InChI=1S/C17H27N3O3/c1-17(2,3)14(21)12-19-7-9-20(10-8-19)16(23)13-5-6-18(4)15(22)11-13/h5-6,11,14,21H,7-10,12H2,1-4H3/t14-/m0/s1. The van der Waals surface area contributed by atoms with Crippen LogP contribution in [-0.4, -0.2) is 64.2 Å². The SMILES string of the molecule is Cn1ccc(C(=O)N2CCN(C[C@H](O)C(C)(C)C)CC2)cc1=O. The number of pyridine rings is 1. The van der Waals surface area contributed by atoms with Crippen LogP contribution in [0.15, 0.2) is 23.1 Å². The summed E-state index contributed by atoms with van der Waals surface area (Å²) in [5.41, 5.74) is 0.121. The van der Waals surface area contributed by atoms with Gasteiger partial charge in [0, 0.05) is 57.6 Å². The summed E-state index contributed by atoms with van der Waals surface area (Å²) in [6.07, 6.45) is 1.23. The van der Waals surface area contributed by atoms with Crippen LogP contribution < -0.4 is 5.56 Å². The molecule has 6 nitrogen and oxygen atoms in total. The van der Waals surface area contributed by atoms with Gasteiger partial charge >= 0.3 is 0 Å². The zero-order valence-electron chi connectivity index (χ0n) is 14.5. The van der Waals surface area contributed by atoms with Crippen molar-refractivity contribution < 1.29 is 9.90 Å². The van der Waals surface area contributed by atoms with E-state index in [-0.39, 0.29) is 23.0 Å². The summed E-state index contributed by atoms with van der Waals surface area (Å²) < 4.78 is 1.45. The van der Waals surface area contributed by atoms with Crippen molar-refractivity contribution in [1.82, 2.24) is 14.4 Å². The van der Waals surface area contributed by atoms with Crippen LogP contribution in [-0.2, 0) is 7.05 Å². The second kappa shape index (κ2) is 6.84. The van der Waals surface area contributed by atoms with Crippen LogP contribution in [0.25, 0.3) is 0 Å². The first-order chi connectivity index (χ1) is 10.7. The Balaban J connectivity index is 1.92. The van der Waals surface area contributed by atoms with Gasteiger partial charge in [0.15, 0.2) is 0 Å². The second-order valence-corrected chi connectivity index (χ2v) is 7.34. The minimum absolute atomic E-state index is 0.0984. The monoisotopic (exact) mass is 321 g/mol. The summed E-state index contributed by atoms with van der Waals surface area (Å²) in [5, 5.41) is 10.2. The summed E-state index contributed by atoms with van der Waals surface area (Å²) in [4.78, 5) is 28.1. The molecule has 2 heterocycles. The minimum atomic E-state index is -0.387. The molecule has 0 unspecified atom stereocenters. The van der Waals surface area contributed by atoms with Gasteiger partial charge in [-0.15, -0.1) is 0 Å². The number of aryl methyl sites for hydroxylation is 1. The minimum Gasteiger partial charge on any atom is -0.391 e. The zero-order valence-corrected chi connectivity index (χ0v) is 14.5. The number of β-amino-alcohol motifs (C(OH)–C–C–N with tert-alkyl or cyclic N) is 1. The Kier molecular flexibility index (Phi) is 5.26. The van der Waals surface area contributed by atoms with Gasteiger partial charge in [-0.2, -0.15) is 0 Å². The Labute approximate surface area is 137 Å². The Morgan fingerprint density at radius 3 is 2.39 bits per heavy atom. The predicted molar refractivity (Wildman–Crippen MR) is 89.5 cm³/mol. The van der Waals surface area contributed by atoms with Crippen LogP contribution in [0, 0.1) is 5.41 Å². The van der Waals surface area contributed by atoms with Gasteiger partial charge in [-0.25, -0.2) is 0 Å². The van der Waals surface area contributed by atoms with Crippen molar-refractivity contribution in [3.63, 3.8) is 0 Å². The van der Waals surface area contributed by atoms with Crippen LogP contribution >= 0.6 is 0 Å². The molecule has 0 bridgehead atoms. The molecule has 0 aliphatic carbocycles. The highest BCUT2D eigenvalue weighted by Gasteiger charge is 2.27. The van der Waals surface area contributed by atoms with Gasteiger partial charge in [-0.3, -0.25) is 14.5 Å². The first kappa shape index (κ1) is 17.7. The van der Waals surface area contributed by atoms with E-state index in [4.69, 9.17) is 0 Å². The molecule has 0 saturated carbocycles. The lowest BCUT2D eigenvalue weighted by atomic mass is 9.89. The van der Waals surface area contributed by atoms with Crippen molar-refractivity contribution in [2.24, 2.45) is 12.5 Å². The van der Waals surface area contributed by atoms with Crippen LogP contribution in [0.4, 0.5) is 0 Å². The summed E-state index contributed by atoms with van der Waals surface area (Å²) in [5.74, 6) is -0.0984. The molecule has 1 aliphatic heterocycles. The highest BCUT2D eigenvalue weighted by molar-refractivity contribution is 5.94. The fourth-order valence-electron chi connectivity index (χ4n) is 2.52. The van der Waals surface area contributed by atoms with Crippen molar-refractivity contribution in [3.8, 4) is 0 Å². The summed E-state index contributed by atoms with van der Waals surface area (Å²) in [6.45, 7) is 9.40. The van der Waals surface area contributed by atoms with Gasteiger partial charge in [0.1, 0.15) is 0 Å². The third kappa shape index (κ3) is 4.42. The average Bonchev–Trinajstić information content (AvgIpc) is 2.49. The maximum absolute atomic E-state index is 12.5. The molecule has 1 aromatic heterocycles. The van der Waals surface area contributed by atoms with E-state index < -0.39 is 0 Å². The molecule has 128 valence electrons. The first-order valence-electron chi connectivity index (χ1n) is 8.05. The van der Waals surface area contributed by atoms with Crippen LogP contribution in [0.5, 0.6) is 0 Å². The van der Waals surface area contributed by atoms with Crippen molar-refractivity contribution in [2.45, 2.75) is 26.9 Å². The molecule has 0 radical (unpaired) electrons. The zero-order chi connectivity index (χ0) is 17.2. The van der Waals surface area contributed by atoms with Gasteiger partial charge in [0.2, 0.25) is 0 Å². The lowest BCUT2D eigenvalue weighted by Crippen LogP contribution is -2.51. The average molecular weight is 321 g/mol. The number of aliphatic hydroxyl groups excluding tert-OH is 1. The van der Waals surface area contributed by atoms with Gasteiger partial charge < -0.3 is 14.6 Å². The molecule has 6 heteroatoms. The number of hydrogen-bond acceptors (Lipinski definition) is 4. The van der Waals surface area contributed by atoms with E-state index in [1.54, 1.807) is 24.2 Å². The fraction of sp³-hybridized carbons (Fsp3) is 0.647. The third-order valence-electron chi connectivity index (χ3n) is 4.44. The Morgan fingerprint density at radius 2 is 1.87 bits per heavy atom. The molecule has 1 N–H and O–H groups in total. The van der Waals surface area contributed by atoms with Crippen LogP contribution in [0.3, 0.4) is 0 Å². The quantitative estimate of drug-likeness (QED) is 0.883. The summed E-state index contributed by atoms with van der Waals surface area (Å²) in [7, 11) is 1.66. The fourth-order valence-corrected chi connectivity index (χ4v) is 2.52. The summed E-state index contributed by atoms with van der Waals surface area (Å²) in [6, 6.07) is 3.07. The van der Waals surface area contributed by atoms with E-state index in [1.807, 2.05) is 20.8 Å². The molecular formula is C17H27N3O3. The van der Waals surface area contributed by atoms with E-state index in [0.717, 1.165) is 13.1 Å². The van der Waals surface area contributed by atoms with Gasteiger partial charge in [-0.05, 0) is 11.5 Å². The van der Waals surface area contributed by atoms with Gasteiger partial charge in [-0.1, -0.05) is 20.8 Å². The molecule has 1 atom stereocenters. The number of rotatable bonds is 3. The number of aromatic nitrogens is 1. The number of nitrogens with zero attached hydrogens (tertiary/aromatic N) is 3. The smallest absolute Gasteiger partial charge is 0.254 e. The van der Waals surface area contributed by atoms with Gasteiger partial charge in [0.05, 0.1) is 6.10 Å². The lowest BCUT2D eigenvalue weighted by Gasteiger charge is -2.38. The number of carbonyl (C=O) groups is 1. The molecule has 0 spiro atoms. The maximum Gasteiger partial charge on any atom is 0.254 e. The van der Waals surface area contributed by atoms with Crippen molar-refractivity contribution in [3.05, 3.63) is 34.2 Å². The molecule has 1 fully saturated rings. The topological polar surface area (TPSA) is 65.8 Å². The van der Waals surface area contributed by atoms with Crippen molar-refractivity contribution in [1.29, 1.82) is 0 Å². The predicted octanol–water partition coefficient (Wildman–Crippen LogP) is 0.550. The van der Waals surface area contributed by atoms with E-state index in [2.05, 4.69) is 4.90 Å². The highest BCUT2D eigenvalue weighted by Crippen LogP contribution is 2.20.